The van der Waals surface area contributed by atoms with E-state index >= 15 is 0 Å². The second-order valence-corrected chi connectivity index (χ2v) is 9.47. The molecule has 4 rings (SSSR count). The summed E-state index contributed by atoms with van der Waals surface area (Å²) in [6.07, 6.45) is -2.02. The maximum absolute atomic E-state index is 14.9. The Morgan fingerprint density at radius 2 is 1.26 bits per heavy atom. The summed E-state index contributed by atoms with van der Waals surface area (Å²) < 4.78 is 147. The SMILES string of the molecule is CCCCCc1cc(F)c(C(F)(F)Oc2ccc(-c3cc(F)c(C#Cc4cc(F)c(F)c(F)c4)c(F)c3)c(F)c2)c(F)c1. The van der Waals surface area contributed by atoms with Gasteiger partial charge in [0, 0.05) is 17.2 Å². The summed E-state index contributed by atoms with van der Waals surface area (Å²) in [7, 11) is 0. The van der Waals surface area contributed by atoms with Crippen LogP contribution in [0, 0.1) is 58.4 Å². The van der Waals surface area contributed by atoms with Gasteiger partial charge in [0.25, 0.3) is 0 Å². The zero-order valence-electron chi connectivity index (χ0n) is 22.2. The van der Waals surface area contributed by atoms with Crippen LogP contribution >= 0.6 is 0 Å². The number of alkyl halides is 2. The van der Waals surface area contributed by atoms with E-state index in [2.05, 4.69) is 10.7 Å². The van der Waals surface area contributed by atoms with Crippen LogP contribution in [0.3, 0.4) is 0 Å². The fourth-order valence-corrected chi connectivity index (χ4v) is 4.23. The lowest BCUT2D eigenvalue weighted by molar-refractivity contribution is -0.189. The van der Waals surface area contributed by atoms with Crippen molar-refractivity contribution in [3.8, 4) is 28.7 Å². The van der Waals surface area contributed by atoms with Crippen molar-refractivity contribution in [3.05, 3.63) is 123 Å². The van der Waals surface area contributed by atoms with E-state index in [0.717, 1.165) is 37.1 Å². The number of halogens is 10. The second-order valence-electron chi connectivity index (χ2n) is 9.47. The maximum Gasteiger partial charge on any atom is 0.432 e. The van der Waals surface area contributed by atoms with Crippen molar-refractivity contribution in [2.24, 2.45) is 0 Å². The summed E-state index contributed by atoms with van der Waals surface area (Å²) in [4.78, 5) is 0. The molecule has 0 amide bonds. The standard InChI is InChI=1S/C32H20F10O/c1-2-3-4-5-17-10-26(36)30(27(37)11-17)32(41,42)43-20-7-9-21(25(35)16-20)19-14-23(33)22(24(34)15-19)8-6-18-12-28(38)31(40)29(39)13-18/h7,9-16H,2-5H2,1H3. The van der Waals surface area contributed by atoms with E-state index < -0.39 is 80.6 Å². The highest BCUT2D eigenvalue weighted by Gasteiger charge is 2.41. The zero-order chi connectivity index (χ0) is 31.5. The van der Waals surface area contributed by atoms with E-state index in [-0.39, 0.29) is 17.5 Å². The van der Waals surface area contributed by atoms with Gasteiger partial charge in [-0.05, 0) is 72.5 Å². The summed E-state index contributed by atoms with van der Waals surface area (Å²) in [6, 6.07) is 6.04. The fourth-order valence-electron chi connectivity index (χ4n) is 4.23. The van der Waals surface area contributed by atoms with Crippen LogP contribution in [0.2, 0.25) is 0 Å². The molecule has 4 aromatic rings. The molecule has 0 atom stereocenters. The minimum atomic E-state index is -4.54. The Bertz CT molecular complexity index is 1670. The molecule has 0 saturated carbocycles. The van der Waals surface area contributed by atoms with Crippen molar-refractivity contribution < 1.29 is 48.6 Å². The molecule has 1 nitrogen and oxygen atoms in total. The fraction of sp³-hybridized carbons (Fsp3) is 0.188. The van der Waals surface area contributed by atoms with Crippen molar-refractivity contribution in [1.82, 2.24) is 0 Å². The molecule has 224 valence electrons. The third-order valence-corrected chi connectivity index (χ3v) is 6.32. The maximum atomic E-state index is 14.9. The normalized spacial score (nSPS) is 11.3. The Hall–Kier alpha value is -4.46. The van der Waals surface area contributed by atoms with Crippen molar-refractivity contribution in [1.29, 1.82) is 0 Å². The molecule has 0 fully saturated rings. The molecule has 0 heterocycles. The number of ether oxygens (including phenoxy) is 1. The number of hydrogen-bond donors (Lipinski definition) is 0. The van der Waals surface area contributed by atoms with E-state index in [9.17, 15) is 43.9 Å². The van der Waals surface area contributed by atoms with Gasteiger partial charge >= 0.3 is 6.11 Å². The number of rotatable bonds is 8. The van der Waals surface area contributed by atoms with E-state index in [1.54, 1.807) is 0 Å². The van der Waals surface area contributed by atoms with Crippen LogP contribution in [-0.4, -0.2) is 0 Å². The quantitative estimate of drug-likeness (QED) is 0.0836. The molecule has 0 saturated heterocycles. The molecule has 0 radical (unpaired) electrons. The molecule has 0 aliphatic rings. The Balaban J connectivity index is 1.57. The van der Waals surface area contributed by atoms with Crippen molar-refractivity contribution in [2.45, 2.75) is 38.7 Å². The van der Waals surface area contributed by atoms with Crippen molar-refractivity contribution >= 4 is 0 Å². The van der Waals surface area contributed by atoms with Crippen LogP contribution in [0.5, 0.6) is 5.75 Å². The summed E-state index contributed by atoms with van der Waals surface area (Å²) in [6.45, 7) is 1.93. The topological polar surface area (TPSA) is 9.23 Å². The molecule has 0 N–H and O–H groups in total. The molecular formula is C32H20F10O. The molecule has 0 unspecified atom stereocenters. The lowest BCUT2D eigenvalue weighted by Gasteiger charge is -2.20. The van der Waals surface area contributed by atoms with Gasteiger partial charge in [0.1, 0.15) is 40.4 Å². The molecule has 0 aliphatic heterocycles. The molecule has 11 heteroatoms. The number of aryl methyl sites for hydroxylation is 1. The summed E-state index contributed by atoms with van der Waals surface area (Å²) >= 11 is 0. The summed E-state index contributed by atoms with van der Waals surface area (Å²) in [5.74, 6) is -8.55. The number of unbranched alkanes of at least 4 members (excludes halogenated alkanes) is 2. The lowest BCUT2D eigenvalue weighted by Crippen LogP contribution is -2.25. The first-order valence-electron chi connectivity index (χ1n) is 12.8. The van der Waals surface area contributed by atoms with Crippen molar-refractivity contribution in [2.75, 3.05) is 0 Å². The Labute approximate surface area is 239 Å². The summed E-state index contributed by atoms with van der Waals surface area (Å²) in [5, 5.41) is 0. The van der Waals surface area contributed by atoms with Gasteiger partial charge in [0.05, 0.1) is 5.56 Å². The Morgan fingerprint density at radius 1 is 0.651 bits per heavy atom. The highest BCUT2D eigenvalue weighted by molar-refractivity contribution is 5.66. The van der Waals surface area contributed by atoms with Gasteiger partial charge in [-0.2, -0.15) is 8.78 Å². The first-order valence-corrected chi connectivity index (χ1v) is 12.8. The van der Waals surface area contributed by atoms with Crippen LogP contribution in [0.1, 0.15) is 48.4 Å². The van der Waals surface area contributed by atoms with Crippen LogP contribution < -0.4 is 4.74 Å². The first kappa shape index (κ1) is 31.5. The number of hydrogen-bond acceptors (Lipinski definition) is 1. The predicted molar refractivity (Wildman–Crippen MR) is 138 cm³/mol. The first-order chi connectivity index (χ1) is 20.3. The molecule has 0 aromatic heterocycles. The average molecular weight is 610 g/mol. The minimum absolute atomic E-state index is 0.188. The smallest absolute Gasteiger partial charge is 0.429 e. The Kier molecular flexibility index (Phi) is 9.38. The Morgan fingerprint density at radius 3 is 1.81 bits per heavy atom. The molecule has 0 aliphatic carbocycles. The van der Waals surface area contributed by atoms with Crippen LogP contribution in [0.15, 0.2) is 54.6 Å². The third-order valence-electron chi connectivity index (χ3n) is 6.32. The van der Waals surface area contributed by atoms with E-state index in [4.69, 9.17) is 0 Å². The largest absolute Gasteiger partial charge is 0.432 e. The van der Waals surface area contributed by atoms with E-state index in [1.807, 2.05) is 12.8 Å². The van der Waals surface area contributed by atoms with Crippen molar-refractivity contribution in [3.63, 3.8) is 0 Å². The van der Waals surface area contributed by atoms with Gasteiger partial charge in [-0.25, -0.2) is 35.1 Å². The molecule has 4 aromatic carbocycles. The third kappa shape index (κ3) is 7.13. The summed E-state index contributed by atoms with van der Waals surface area (Å²) in [5.41, 5.74) is -3.58. The predicted octanol–water partition coefficient (Wildman–Crippen LogP) is 9.73. The van der Waals surface area contributed by atoms with Crippen LogP contribution in [0.4, 0.5) is 43.9 Å². The van der Waals surface area contributed by atoms with Crippen LogP contribution in [0.25, 0.3) is 11.1 Å². The number of benzene rings is 4. The molecule has 0 spiro atoms. The van der Waals surface area contributed by atoms with E-state index in [0.29, 0.717) is 36.8 Å². The van der Waals surface area contributed by atoms with Gasteiger partial charge in [0.2, 0.25) is 0 Å². The molecular weight excluding hydrogens is 590 g/mol. The van der Waals surface area contributed by atoms with Gasteiger partial charge in [-0.1, -0.05) is 31.6 Å². The van der Waals surface area contributed by atoms with Gasteiger partial charge in [-0.3, -0.25) is 0 Å². The highest BCUT2D eigenvalue weighted by Crippen LogP contribution is 2.37. The van der Waals surface area contributed by atoms with Gasteiger partial charge in [0.15, 0.2) is 17.5 Å². The monoisotopic (exact) mass is 610 g/mol. The van der Waals surface area contributed by atoms with Gasteiger partial charge in [-0.15, -0.1) is 0 Å². The van der Waals surface area contributed by atoms with E-state index in [1.165, 1.54) is 0 Å². The molecule has 0 bridgehead atoms. The highest BCUT2D eigenvalue weighted by atomic mass is 19.3. The minimum Gasteiger partial charge on any atom is -0.429 e. The van der Waals surface area contributed by atoms with Gasteiger partial charge < -0.3 is 4.74 Å². The average Bonchev–Trinajstić information content (AvgIpc) is 2.90. The van der Waals surface area contributed by atoms with Crippen LogP contribution in [-0.2, 0) is 12.5 Å². The zero-order valence-corrected chi connectivity index (χ0v) is 22.2. The molecule has 43 heavy (non-hydrogen) atoms. The second kappa shape index (κ2) is 12.8. The lowest BCUT2D eigenvalue weighted by atomic mass is 10.0.